The van der Waals surface area contributed by atoms with Crippen LogP contribution < -0.4 is 15.1 Å². The van der Waals surface area contributed by atoms with Crippen molar-refractivity contribution >= 4 is 40.7 Å². The highest BCUT2D eigenvalue weighted by Crippen LogP contribution is 2.34. The van der Waals surface area contributed by atoms with Crippen molar-refractivity contribution in [2.24, 2.45) is 0 Å². The lowest BCUT2D eigenvalue weighted by Crippen LogP contribution is -2.38. The summed E-state index contributed by atoms with van der Waals surface area (Å²) in [6.07, 6.45) is 0. The summed E-state index contributed by atoms with van der Waals surface area (Å²) in [7, 11) is 0. The van der Waals surface area contributed by atoms with Crippen molar-refractivity contribution < 1.29 is 19.5 Å². The number of halogens is 2. The zero-order chi connectivity index (χ0) is 17.3. The number of carbonyl (C=O) groups excluding carboxylic acids is 2. The molecule has 24 heavy (non-hydrogen) atoms. The molecule has 1 aliphatic heterocycles. The van der Waals surface area contributed by atoms with Crippen LogP contribution in [0.4, 0.5) is 5.69 Å². The molecule has 0 unspecified atom stereocenters. The fraction of sp³-hybridized carbons (Fsp3) is 0.125. The van der Waals surface area contributed by atoms with Crippen molar-refractivity contribution in [2.45, 2.75) is 6.54 Å². The van der Waals surface area contributed by atoms with Gasteiger partial charge in [0.05, 0.1) is 12.2 Å². The molecule has 3 rings (SSSR count). The van der Waals surface area contributed by atoms with Gasteiger partial charge in [-0.3, -0.25) is 14.8 Å². The maximum absolute atomic E-state index is 12.3. The van der Waals surface area contributed by atoms with E-state index in [0.29, 0.717) is 21.5 Å². The minimum atomic E-state index is -0.679. The Labute approximate surface area is 147 Å². The van der Waals surface area contributed by atoms with Crippen molar-refractivity contribution in [1.29, 1.82) is 0 Å². The SMILES string of the molecule is O=C(NO)c1ccc2c(c1)N(Cc1cc(Cl)cc(Cl)c1)C(=O)CO2. The molecule has 2 N–H and O–H groups in total. The highest BCUT2D eigenvalue weighted by Gasteiger charge is 2.27. The van der Waals surface area contributed by atoms with Gasteiger partial charge in [-0.05, 0) is 42.0 Å². The van der Waals surface area contributed by atoms with Crippen LogP contribution in [0.2, 0.25) is 10.0 Å². The van der Waals surface area contributed by atoms with Crippen LogP contribution in [-0.4, -0.2) is 23.6 Å². The van der Waals surface area contributed by atoms with Gasteiger partial charge in [-0.2, -0.15) is 0 Å². The molecular weight excluding hydrogens is 355 g/mol. The second-order valence-electron chi connectivity index (χ2n) is 5.17. The van der Waals surface area contributed by atoms with E-state index in [1.165, 1.54) is 17.0 Å². The lowest BCUT2D eigenvalue weighted by atomic mass is 10.1. The first-order chi connectivity index (χ1) is 11.5. The van der Waals surface area contributed by atoms with E-state index in [0.717, 1.165) is 5.56 Å². The molecule has 0 radical (unpaired) electrons. The Morgan fingerprint density at radius 3 is 2.58 bits per heavy atom. The van der Waals surface area contributed by atoms with Crippen LogP contribution in [0.15, 0.2) is 36.4 Å². The average Bonchev–Trinajstić information content (AvgIpc) is 2.55. The van der Waals surface area contributed by atoms with E-state index in [4.69, 9.17) is 33.1 Å². The van der Waals surface area contributed by atoms with E-state index < -0.39 is 5.91 Å². The van der Waals surface area contributed by atoms with Gasteiger partial charge in [0.15, 0.2) is 6.61 Å². The van der Waals surface area contributed by atoms with Crippen LogP contribution in [0, 0.1) is 0 Å². The largest absolute Gasteiger partial charge is 0.482 e. The maximum Gasteiger partial charge on any atom is 0.274 e. The number of anilines is 1. The molecule has 6 nitrogen and oxygen atoms in total. The normalized spacial score (nSPS) is 13.3. The molecule has 0 bridgehead atoms. The monoisotopic (exact) mass is 366 g/mol. The summed E-state index contributed by atoms with van der Waals surface area (Å²) >= 11 is 12.0. The Morgan fingerprint density at radius 2 is 1.92 bits per heavy atom. The smallest absolute Gasteiger partial charge is 0.274 e. The molecular formula is C16H12Cl2N2O4. The summed E-state index contributed by atoms with van der Waals surface area (Å²) in [6.45, 7) is 0.118. The molecule has 2 amide bonds. The second-order valence-corrected chi connectivity index (χ2v) is 6.04. The van der Waals surface area contributed by atoms with Gasteiger partial charge >= 0.3 is 0 Å². The summed E-state index contributed by atoms with van der Waals surface area (Å²) in [5.74, 6) is -0.473. The number of ether oxygens (including phenoxy) is 1. The van der Waals surface area contributed by atoms with Crippen LogP contribution in [-0.2, 0) is 11.3 Å². The summed E-state index contributed by atoms with van der Waals surface area (Å²) < 4.78 is 5.38. The predicted molar refractivity (Wildman–Crippen MR) is 88.8 cm³/mol. The first-order valence-corrected chi connectivity index (χ1v) is 7.70. The zero-order valence-corrected chi connectivity index (χ0v) is 13.8. The fourth-order valence-corrected chi connectivity index (χ4v) is 3.04. The molecule has 2 aromatic rings. The third-order valence-electron chi connectivity index (χ3n) is 3.53. The van der Waals surface area contributed by atoms with Gasteiger partial charge in [0, 0.05) is 15.6 Å². The molecule has 0 atom stereocenters. The van der Waals surface area contributed by atoms with Crippen LogP contribution in [0.1, 0.15) is 15.9 Å². The van der Waals surface area contributed by atoms with Gasteiger partial charge in [-0.25, -0.2) is 5.48 Å². The Morgan fingerprint density at radius 1 is 1.21 bits per heavy atom. The molecule has 8 heteroatoms. The summed E-state index contributed by atoms with van der Waals surface area (Å²) in [4.78, 5) is 25.3. The zero-order valence-electron chi connectivity index (χ0n) is 12.3. The number of hydrogen-bond acceptors (Lipinski definition) is 4. The molecule has 0 spiro atoms. The molecule has 0 saturated carbocycles. The second kappa shape index (κ2) is 6.68. The first kappa shape index (κ1) is 16.6. The number of amides is 2. The average molecular weight is 367 g/mol. The van der Waals surface area contributed by atoms with Crippen molar-refractivity contribution in [1.82, 2.24) is 5.48 Å². The number of fused-ring (bicyclic) bond motifs is 1. The predicted octanol–water partition coefficient (Wildman–Crippen LogP) is 3.04. The molecule has 1 heterocycles. The Hall–Kier alpha value is -2.28. The van der Waals surface area contributed by atoms with Crippen LogP contribution in [0.3, 0.4) is 0 Å². The molecule has 2 aromatic carbocycles. The molecule has 124 valence electrons. The third-order valence-corrected chi connectivity index (χ3v) is 3.97. The van der Waals surface area contributed by atoms with E-state index >= 15 is 0 Å². The van der Waals surface area contributed by atoms with E-state index in [1.807, 2.05) is 0 Å². The highest BCUT2D eigenvalue weighted by atomic mass is 35.5. The lowest BCUT2D eigenvalue weighted by Gasteiger charge is -2.30. The highest BCUT2D eigenvalue weighted by molar-refractivity contribution is 6.34. The van der Waals surface area contributed by atoms with Crippen molar-refractivity contribution in [3.8, 4) is 5.75 Å². The van der Waals surface area contributed by atoms with E-state index in [-0.39, 0.29) is 24.6 Å². The van der Waals surface area contributed by atoms with Gasteiger partial charge in [0.1, 0.15) is 5.75 Å². The standard InChI is InChI=1S/C16H12Cl2N2O4/c17-11-3-9(4-12(18)6-11)7-20-13-5-10(16(22)19-23)1-2-14(13)24-8-15(20)21/h1-6,23H,7-8H2,(H,19,22). The Balaban J connectivity index is 1.99. The fourth-order valence-electron chi connectivity index (χ4n) is 2.47. The third kappa shape index (κ3) is 3.31. The summed E-state index contributed by atoms with van der Waals surface area (Å²) in [5, 5.41) is 9.70. The lowest BCUT2D eigenvalue weighted by molar-refractivity contribution is -0.121. The Bertz CT molecular complexity index is 805. The van der Waals surface area contributed by atoms with Crippen molar-refractivity contribution in [3.63, 3.8) is 0 Å². The van der Waals surface area contributed by atoms with Gasteiger partial charge in [0.2, 0.25) is 0 Å². The number of carbonyl (C=O) groups is 2. The molecule has 0 fully saturated rings. The van der Waals surface area contributed by atoms with Gasteiger partial charge in [0.25, 0.3) is 11.8 Å². The van der Waals surface area contributed by atoms with E-state index in [1.54, 1.807) is 29.7 Å². The quantitative estimate of drug-likeness (QED) is 0.646. The minimum Gasteiger partial charge on any atom is -0.482 e. The summed E-state index contributed by atoms with van der Waals surface area (Å²) in [5.41, 5.74) is 2.93. The number of nitrogens with one attached hydrogen (secondary N) is 1. The molecule has 1 aliphatic rings. The van der Waals surface area contributed by atoms with Crippen molar-refractivity contribution in [2.75, 3.05) is 11.5 Å². The molecule has 0 aromatic heterocycles. The van der Waals surface area contributed by atoms with Crippen LogP contribution in [0.25, 0.3) is 0 Å². The number of hydroxylamine groups is 1. The van der Waals surface area contributed by atoms with Gasteiger partial charge in [-0.1, -0.05) is 23.2 Å². The van der Waals surface area contributed by atoms with Gasteiger partial charge < -0.3 is 9.64 Å². The van der Waals surface area contributed by atoms with Crippen molar-refractivity contribution in [3.05, 3.63) is 57.6 Å². The topological polar surface area (TPSA) is 78.9 Å². The maximum atomic E-state index is 12.3. The first-order valence-electron chi connectivity index (χ1n) is 6.94. The van der Waals surface area contributed by atoms with E-state index in [9.17, 15) is 9.59 Å². The van der Waals surface area contributed by atoms with E-state index in [2.05, 4.69) is 0 Å². The Kier molecular flexibility index (Phi) is 4.62. The number of benzene rings is 2. The number of nitrogens with zero attached hydrogens (tertiary/aromatic N) is 1. The van der Waals surface area contributed by atoms with Crippen LogP contribution >= 0.6 is 23.2 Å². The number of hydrogen-bond donors (Lipinski definition) is 2. The molecule has 0 aliphatic carbocycles. The van der Waals surface area contributed by atoms with Gasteiger partial charge in [-0.15, -0.1) is 0 Å². The van der Waals surface area contributed by atoms with Crippen LogP contribution in [0.5, 0.6) is 5.75 Å². The summed E-state index contributed by atoms with van der Waals surface area (Å²) in [6, 6.07) is 9.56. The molecule has 0 saturated heterocycles. The number of rotatable bonds is 3. The minimum absolute atomic E-state index is 0.104.